The molecular weight excluding hydrogens is 142 g/mol. The summed E-state index contributed by atoms with van der Waals surface area (Å²) >= 11 is 0. The third-order valence-electron chi connectivity index (χ3n) is 0.780. The van der Waals surface area contributed by atoms with Crippen LogP contribution in [-0.2, 0) is 0 Å². The second kappa shape index (κ2) is 9.88. The van der Waals surface area contributed by atoms with Crippen LogP contribution in [0.5, 0.6) is 0 Å². The van der Waals surface area contributed by atoms with E-state index < -0.39 is 0 Å². The van der Waals surface area contributed by atoms with Crippen molar-refractivity contribution in [1.29, 1.82) is 0 Å². The minimum absolute atomic E-state index is 0.185. The first-order chi connectivity index (χ1) is 5.00. The van der Waals surface area contributed by atoms with E-state index in [2.05, 4.69) is 0 Å². The van der Waals surface area contributed by atoms with E-state index in [1.807, 2.05) is 26.0 Å². The van der Waals surface area contributed by atoms with Gasteiger partial charge in [-0.1, -0.05) is 0 Å². The van der Waals surface area contributed by atoms with Crippen molar-refractivity contribution in [2.75, 3.05) is 27.7 Å². The third kappa shape index (κ3) is 40.8. The predicted molar refractivity (Wildman–Crippen MR) is 47.6 cm³/mol. The van der Waals surface area contributed by atoms with Crippen molar-refractivity contribution >= 4 is 0 Å². The van der Waals surface area contributed by atoms with Crippen molar-refractivity contribution < 1.29 is 10.2 Å². The summed E-state index contributed by atoms with van der Waals surface area (Å²) in [4.78, 5) is 2.00. The van der Waals surface area contributed by atoms with E-state index >= 15 is 0 Å². The van der Waals surface area contributed by atoms with Gasteiger partial charge in [0.2, 0.25) is 0 Å². The van der Waals surface area contributed by atoms with Crippen LogP contribution in [0, 0.1) is 0 Å². The normalized spacial score (nSPS) is 12.3. The van der Waals surface area contributed by atoms with Crippen LogP contribution in [0.1, 0.15) is 19.8 Å². The highest BCUT2D eigenvalue weighted by Gasteiger charge is 1.90. The lowest BCUT2D eigenvalue weighted by atomic mass is 10.2. The maximum absolute atomic E-state index is 8.57. The number of aliphatic hydroxyl groups excluding tert-OH is 2. The molecule has 3 nitrogen and oxygen atoms in total. The third-order valence-corrected chi connectivity index (χ3v) is 0.780. The average molecular weight is 163 g/mol. The Balaban J connectivity index is 0. The summed E-state index contributed by atoms with van der Waals surface area (Å²) in [5.74, 6) is 0. The van der Waals surface area contributed by atoms with Crippen molar-refractivity contribution in [3.63, 3.8) is 0 Å². The molecule has 0 heterocycles. The molecule has 1 unspecified atom stereocenters. The first-order valence-corrected chi connectivity index (χ1v) is 3.90. The van der Waals surface area contributed by atoms with E-state index in [1.54, 1.807) is 6.92 Å². The molecule has 0 fully saturated rings. The monoisotopic (exact) mass is 163 g/mol. The molecule has 0 saturated carbocycles. The molecule has 0 saturated heterocycles. The second-order valence-electron chi connectivity index (χ2n) is 3.06. The number of nitrogens with zero attached hydrogens (tertiary/aromatic N) is 1. The van der Waals surface area contributed by atoms with Crippen molar-refractivity contribution in [1.82, 2.24) is 4.90 Å². The number of hydrogen-bond donors (Lipinski definition) is 2. The summed E-state index contributed by atoms with van der Waals surface area (Å²) in [6.45, 7) is 1.90. The highest BCUT2D eigenvalue weighted by molar-refractivity contribution is 4.43. The maximum Gasteiger partial charge on any atom is 0.0513 e. The van der Waals surface area contributed by atoms with Crippen LogP contribution >= 0.6 is 0 Å². The minimum atomic E-state index is -0.257. The van der Waals surface area contributed by atoms with E-state index in [9.17, 15) is 0 Å². The van der Waals surface area contributed by atoms with Crippen LogP contribution in [0.2, 0.25) is 0 Å². The van der Waals surface area contributed by atoms with Gasteiger partial charge in [-0.25, -0.2) is 0 Å². The van der Waals surface area contributed by atoms with Gasteiger partial charge in [-0.15, -0.1) is 0 Å². The minimum Gasteiger partial charge on any atom is -0.396 e. The zero-order valence-electron chi connectivity index (χ0n) is 8.04. The van der Waals surface area contributed by atoms with Gasteiger partial charge in [-0.2, -0.15) is 0 Å². The smallest absolute Gasteiger partial charge is 0.0513 e. The molecule has 11 heavy (non-hydrogen) atoms. The Morgan fingerprint density at radius 2 is 1.64 bits per heavy atom. The van der Waals surface area contributed by atoms with Gasteiger partial charge in [-0.05, 0) is 40.9 Å². The van der Waals surface area contributed by atoms with E-state index in [1.165, 1.54) is 0 Å². The highest BCUT2D eigenvalue weighted by atomic mass is 16.3. The fourth-order valence-electron chi connectivity index (χ4n) is 0.387. The molecule has 0 bridgehead atoms. The van der Waals surface area contributed by atoms with E-state index in [-0.39, 0.29) is 12.7 Å². The second-order valence-corrected chi connectivity index (χ2v) is 3.06. The van der Waals surface area contributed by atoms with Gasteiger partial charge in [0, 0.05) is 6.61 Å². The quantitative estimate of drug-likeness (QED) is 0.629. The van der Waals surface area contributed by atoms with Crippen molar-refractivity contribution in [2.45, 2.75) is 25.9 Å². The van der Waals surface area contributed by atoms with Gasteiger partial charge in [0.1, 0.15) is 0 Å². The molecule has 0 rings (SSSR count). The summed E-state index contributed by atoms with van der Waals surface area (Å²) in [6, 6.07) is 0. The lowest BCUT2D eigenvalue weighted by molar-refractivity contribution is 0.167. The van der Waals surface area contributed by atoms with Gasteiger partial charge in [0.25, 0.3) is 0 Å². The Bertz CT molecular complexity index is 62.4. The lowest BCUT2D eigenvalue weighted by Gasteiger charge is -1.98. The molecule has 3 heteroatoms. The Labute approximate surface area is 69.6 Å². The van der Waals surface area contributed by atoms with E-state index in [4.69, 9.17) is 10.2 Å². The molecule has 70 valence electrons. The summed E-state index contributed by atoms with van der Waals surface area (Å²) in [7, 11) is 6.00. The molecule has 0 aliphatic carbocycles. The van der Waals surface area contributed by atoms with Crippen LogP contribution in [0.3, 0.4) is 0 Å². The Morgan fingerprint density at radius 1 is 1.27 bits per heavy atom. The molecule has 1 atom stereocenters. The largest absolute Gasteiger partial charge is 0.396 e. The zero-order chi connectivity index (χ0) is 9.28. The number of aliphatic hydroxyl groups is 2. The maximum atomic E-state index is 8.57. The Hall–Kier alpha value is -0.120. The molecule has 0 aromatic rings. The van der Waals surface area contributed by atoms with Crippen LogP contribution in [-0.4, -0.2) is 49.0 Å². The summed E-state index contributed by atoms with van der Waals surface area (Å²) in [6.07, 6.45) is 1.15. The molecule has 0 radical (unpaired) electrons. The topological polar surface area (TPSA) is 43.7 Å². The van der Waals surface area contributed by atoms with Crippen LogP contribution < -0.4 is 0 Å². The molecule has 2 N–H and O–H groups in total. The van der Waals surface area contributed by atoms with Gasteiger partial charge in [0.15, 0.2) is 0 Å². The zero-order valence-corrected chi connectivity index (χ0v) is 8.04. The van der Waals surface area contributed by atoms with Gasteiger partial charge in [0.05, 0.1) is 6.10 Å². The molecule has 0 aliphatic rings. The highest BCUT2D eigenvalue weighted by Crippen LogP contribution is 1.92. The van der Waals surface area contributed by atoms with E-state index in [0.29, 0.717) is 12.8 Å². The molecule has 0 aliphatic heterocycles. The summed E-state index contributed by atoms with van der Waals surface area (Å²) in [5, 5.41) is 16.8. The first-order valence-electron chi connectivity index (χ1n) is 3.90. The fourth-order valence-corrected chi connectivity index (χ4v) is 0.387. The van der Waals surface area contributed by atoms with Crippen molar-refractivity contribution in [3.8, 4) is 0 Å². The standard InChI is InChI=1S/C5H12O2.C3H9N/c1-5(7)3-2-4-6;1-4(2)3/h5-7H,2-4H2,1H3;1-3H3. The predicted octanol–water partition coefficient (Wildman–Crippen LogP) is 0.317. The lowest BCUT2D eigenvalue weighted by Crippen LogP contribution is -1.99. The first kappa shape index (κ1) is 13.5. The molecule has 0 aromatic carbocycles. The van der Waals surface area contributed by atoms with Crippen LogP contribution in [0.25, 0.3) is 0 Å². The van der Waals surface area contributed by atoms with Gasteiger partial charge < -0.3 is 15.1 Å². The van der Waals surface area contributed by atoms with Crippen LogP contribution in [0.15, 0.2) is 0 Å². The molecule has 0 aromatic heterocycles. The van der Waals surface area contributed by atoms with Gasteiger partial charge >= 0.3 is 0 Å². The van der Waals surface area contributed by atoms with Crippen LogP contribution in [0.4, 0.5) is 0 Å². The average Bonchev–Trinajstić information content (AvgIpc) is 1.82. The molecular formula is C8H21NO2. The Morgan fingerprint density at radius 3 is 1.73 bits per heavy atom. The summed E-state index contributed by atoms with van der Waals surface area (Å²) < 4.78 is 0. The SMILES string of the molecule is CC(O)CCCO.CN(C)C. The molecule has 0 spiro atoms. The Kier molecular flexibility index (Phi) is 12.1. The molecule has 0 amide bonds. The number of rotatable bonds is 3. The summed E-state index contributed by atoms with van der Waals surface area (Å²) in [5.41, 5.74) is 0. The number of hydrogen-bond acceptors (Lipinski definition) is 3. The van der Waals surface area contributed by atoms with Crippen molar-refractivity contribution in [2.24, 2.45) is 0 Å². The van der Waals surface area contributed by atoms with Gasteiger partial charge in [-0.3, -0.25) is 0 Å². The fraction of sp³-hybridized carbons (Fsp3) is 1.00. The van der Waals surface area contributed by atoms with Crippen molar-refractivity contribution in [3.05, 3.63) is 0 Å². The van der Waals surface area contributed by atoms with E-state index in [0.717, 1.165) is 0 Å².